The SMILES string of the molecule is CC(CCC(=O)NC=O)N(C)Cc1c(C=O)cccc1NC(=O)CCCCCCCN. The first-order chi connectivity index (χ1) is 14.9. The van der Waals surface area contributed by atoms with E-state index >= 15 is 0 Å². The van der Waals surface area contributed by atoms with E-state index in [1.807, 2.05) is 18.9 Å². The van der Waals surface area contributed by atoms with Crippen molar-refractivity contribution >= 4 is 30.2 Å². The van der Waals surface area contributed by atoms with Gasteiger partial charge in [-0.2, -0.15) is 0 Å². The molecule has 0 saturated carbocycles. The minimum absolute atomic E-state index is 0.0363. The summed E-state index contributed by atoms with van der Waals surface area (Å²) in [5.74, 6) is -0.385. The maximum atomic E-state index is 12.4. The van der Waals surface area contributed by atoms with Crippen molar-refractivity contribution in [3.05, 3.63) is 29.3 Å². The molecule has 0 bridgehead atoms. The molecule has 8 heteroatoms. The van der Waals surface area contributed by atoms with E-state index in [9.17, 15) is 19.2 Å². The van der Waals surface area contributed by atoms with Gasteiger partial charge in [0.05, 0.1) is 0 Å². The van der Waals surface area contributed by atoms with E-state index in [0.717, 1.165) is 44.0 Å². The topological polar surface area (TPSA) is 122 Å². The molecule has 1 rings (SSSR count). The molecule has 31 heavy (non-hydrogen) atoms. The van der Waals surface area contributed by atoms with Crippen molar-refractivity contribution in [2.45, 2.75) is 70.9 Å². The first-order valence-corrected chi connectivity index (χ1v) is 10.9. The van der Waals surface area contributed by atoms with Crippen molar-refractivity contribution < 1.29 is 19.2 Å². The molecule has 4 N–H and O–H groups in total. The van der Waals surface area contributed by atoms with Crippen LogP contribution in [0, 0.1) is 0 Å². The number of amides is 3. The highest BCUT2D eigenvalue weighted by Gasteiger charge is 2.17. The summed E-state index contributed by atoms with van der Waals surface area (Å²) >= 11 is 0. The van der Waals surface area contributed by atoms with Crippen molar-refractivity contribution in [1.82, 2.24) is 10.2 Å². The average molecular weight is 433 g/mol. The van der Waals surface area contributed by atoms with Crippen LogP contribution in [0.3, 0.4) is 0 Å². The second-order valence-corrected chi connectivity index (χ2v) is 7.83. The summed E-state index contributed by atoms with van der Waals surface area (Å²) in [5, 5.41) is 5.08. The Morgan fingerprint density at radius 2 is 1.77 bits per heavy atom. The number of rotatable bonds is 16. The number of anilines is 1. The standard InChI is InChI=1S/C23H36N4O4/c1-18(12-13-22(30)25-17-29)27(2)15-20-19(16-28)9-8-10-21(20)26-23(31)11-6-4-3-5-7-14-24/h8-10,16-18H,3-7,11-15,24H2,1-2H3,(H,26,31)(H,25,29,30). The van der Waals surface area contributed by atoms with Crippen LogP contribution >= 0.6 is 0 Å². The molecule has 1 aromatic carbocycles. The third-order valence-electron chi connectivity index (χ3n) is 5.39. The number of unbranched alkanes of at least 4 members (excludes halogenated alkanes) is 4. The number of carbonyl (C=O) groups excluding carboxylic acids is 4. The molecule has 0 aliphatic heterocycles. The Balaban J connectivity index is 2.69. The molecule has 0 aliphatic carbocycles. The van der Waals surface area contributed by atoms with Crippen LogP contribution in [0.2, 0.25) is 0 Å². The van der Waals surface area contributed by atoms with Crippen LogP contribution in [-0.2, 0) is 20.9 Å². The van der Waals surface area contributed by atoms with Gasteiger partial charge in [-0.05, 0) is 45.8 Å². The zero-order chi connectivity index (χ0) is 23.1. The van der Waals surface area contributed by atoms with Crippen molar-refractivity contribution in [3.8, 4) is 0 Å². The maximum Gasteiger partial charge on any atom is 0.226 e. The predicted molar refractivity (Wildman–Crippen MR) is 122 cm³/mol. The van der Waals surface area contributed by atoms with Crippen LogP contribution < -0.4 is 16.4 Å². The summed E-state index contributed by atoms with van der Waals surface area (Å²) in [4.78, 5) is 47.8. The maximum absolute atomic E-state index is 12.4. The minimum Gasteiger partial charge on any atom is -0.330 e. The summed E-state index contributed by atoms with van der Waals surface area (Å²) in [5.41, 5.74) is 7.40. The summed E-state index contributed by atoms with van der Waals surface area (Å²) in [7, 11) is 1.90. The van der Waals surface area contributed by atoms with E-state index in [1.54, 1.807) is 18.2 Å². The molecule has 0 radical (unpaired) electrons. The summed E-state index contributed by atoms with van der Waals surface area (Å²) in [6, 6.07) is 5.32. The number of carbonyl (C=O) groups is 4. The summed E-state index contributed by atoms with van der Waals surface area (Å²) in [6.07, 6.45) is 7.39. The number of nitrogens with zero attached hydrogens (tertiary/aromatic N) is 1. The zero-order valence-electron chi connectivity index (χ0n) is 18.7. The molecule has 0 aliphatic rings. The van der Waals surface area contributed by atoms with Crippen LogP contribution in [0.1, 0.15) is 74.2 Å². The second-order valence-electron chi connectivity index (χ2n) is 7.83. The van der Waals surface area contributed by atoms with E-state index < -0.39 is 0 Å². The molecule has 1 unspecified atom stereocenters. The number of imide groups is 1. The molecule has 8 nitrogen and oxygen atoms in total. The van der Waals surface area contributed by atoms with Crippen molar-refractivity contribution in [2.24, 2.45) is 5.73 Å². The zero-order valence-corrected chi connectivity index (χ0v) is 18.7. The van der Waals surface area contributed by atoms with E-state index in [2.05, 4.69) is 10.6 Å². The molecule has 0 aromatic heterocycles. The number of aldehydes is 1. The first-order valence-electron chi connectivity index (χ1n) is 10.9. The molecule has 172 valence electrons. The van der Waals surface area contributed by atoms with Crippen molar-refractivity contribution in [1.29, 1.82) is 0 Å². The van der Waals surface area contributed by atoms with Crippen LogP contribution in [-0.4, -0.2) is 49.0 Å². The van der Waals surface area contributed by atoms with E-state index in [-0.39, 0.29) is 24.3 Å². The lowest BCUT2D eigenvalue weighted by atomic mass is 10.0. The van der Waals surface area contributed by atoms with Gasteiger partial charge in [-0.25, -0.2) is 0 Å². The third kappa shape index (κ3) is 10.3. The Morgan fingerprint density at radius 1 is 1.06 bits per heavy atom. The Kier molecular flexibility index (Phi) is 13.0. The van der Waals surface area contributed by atoms with Gasteiger partial charge in [-0.15, -0.1) is 0 Å². The molecule has 0 heterocycles. The number of nitrogens with one attached hydrogen (secondary N) is 2. The molecule has 1 aromatic rings. The average Bonchev–Trinajstić information content (AvgIpc) is 2.75. The van der Waals surface area contributed by atoms with Gasteiger partial charge in [0.15, 0.2) is 0 Å². The van der Waals surface area contributed by atoms with Gasteiger partial charge in [0, 0.05) is 42.2 Å². The highest BCUT2D eigenvalue weighted by atomic mass is 16.2. The first kappa shape index (κ1) is 26.5. The van der Waals surface area contributed by atoms with E-state index in [1.165, 1.54) is 0 Å². The second kappa shape index (κ2) is 15.3. The lowest BCUT2D eigenvalue weighted by molar-refractivity contribution is -0.125. The highest BCUT2D eigenvalue weighted by Crippen LogP contribution is 2.23. The van der Waals surface area contributed by atoms with Gasteiger partial charge >= 0.3 is 0 Å². The fourth-order valence-corrected chi connectivity index (χ4v) is 3.29. The van der Waals surface area contributed by atoms with Gasteiger partial charge in [-0.3, -0.25) is 29.4 Å². The smallest absolute Gasteiger partial charge is 0.226 e. The molecule has 0 saturated heterocycles. The molecule has 0 fully saturated rings. The van der Waals surface area contributed by atoms with Crippen molar-refractivity contribution in [2.75, 3.05) is 18.9 Å². The lowest BCUT2D eigenvalue weighted by Crippen LogP contribution is -2.31. The van der Waals surface area contributed by atoms with Crippen LogP contribution in [0.4, 0.5) is 5.69 Å². The summed E-state index contributed by atoms with van der Waals surface area (Å²) in [6.45, 7) is 3.12. The van der Waals surface area contributed by atoms with Gasteiger partial charge in [0.2, 0.25) is 18.2 Å². The van der Waals surface area contributed by atoms with E-state index in [4.69, 9.17) is 5.73 Å². The van der Waals surface area contributed by atoms with Gasteiger partial charge in [-0.1, -0.05) is 31.4 Å². The van der Waals surface area contributed by atoms with Gasteiger partial charge in [0.25, 0.3) is 0 Å². The number of nitrogens with two attached hydrogens (primary N) is 1. The predicted octanol–water partition coefficient (Wildman–Crippen LogP) is 2.61. The molecule has 0 spiro atoms. The number of benzene rings is 1. The monoisotopic (exact) mass is 432 g/mol. The quantitative estimate of drug-likeness (QED) is 0.273. The Labute approximate surface area is 184 Å². The lowest BCUT2D eigenvalue weighted by Gasteiger charge is -2.26. The van der Waals surface area contributed by atoms with Gasteiger partial charge < -0.3 is 11.1 Å². The molecule has 1 atom stereocenters. The van der Waals surface area contributed by atoms with Crippen LogP contribution in [0.5, 0.6) is 0 Å². The largest absolute Gasteiger partial charge is 0.330 e. The minimum atomic E-state index is -0.320. The normalized spacial score (nSPS) is 11.7. The van der Waals surface area contributed by atoms with Crippen LogP contribution in [0.25, 0.3) is 0 Å². The Hall–Kier alpha value is -2.58. The highest BCUT2D eigenvalue weighted by molar-refractivity contribution is 5.93. The van der Waals surface area contributed by atoms with Gasteiger partial charge in [0.1, 0.15) is 6.29 Å². The third-order valence-corrected chi connectivity index (χ3v) is 5.39. The van der Waals surface area contributed by atoms with Crippen molar-refractivity contribution in [3.63, 3.8) is 0 Å². The Bertz CT molecular complexity index is 724. The Morgan fingerprint density at radius 3 is 2.45 bits per heavy atom. The molecular formula is C23H36N4O4. The van der Waals surface area contributed by atoms with Crippen LogP contribution in [0.15, 0.2) is 18.2 Å². The fraction of sp³-hybridized carbons (Fsp3) is 0.565. The number of hydrogen-bond donors (Lipinski definition) is 3. The fourth-order valence-electron chi connectivity index (χ4n) is 3.29. The summed E-state index contributed by atoms with van der Waals surface area (Å²) < 4.78 is 0. The number of hydrogen-bond acceptors (Lipinski definition) is 6. The molecular weight excluding hydrogens is 396 g/mol. The van der Waals surface area contributed by atoms with E-state index in [0.29, 0.717) is 43.6 Å². The molecule has 3 amide bonds.